The van der Waals surface area contributed by atoms with Crippen LogP contribution in [0.1, 0.15) is 102 Å². The maximum Gasteiger partial charge on any atom is 0.408 e. The molecule has 3 N–H and O–H groups in total. The molecule has 0 radical (unpaired) electrons. The zero-order valence-electron chi connectivity index (χ0n) is 31.7. The Morgan fingerprint density at radius 1 is 0.964 bits per heavy atom. The number of alkyl carbamates (subject to hydrolysis) is 1. The lowest BCUT2D eigenvalue weighted by Crippen LogP contribution is -2.59. The molecule has 2 bridgehead atoms. The number of ether oxygens (including phenoxy) is 2. The van der Waals surface area contributed by atoms with E-state index in [-0.39, 0.29) is 37.3 Å². The molecular weight excluding hydrogens is 758 g/mol. The maximum atomic E-state index is 14.9. The molecule has 3 heterocycles. The third-order valence-electron chi connectivity index (χ3n) is 13.0. The van der Waals surface area contributed by atoms with Gasteiger partial charge in [0.15, 0.2) is 0 Å². The van der Waals surface area contributed by atoms with Crippen LogP contribution in [0.3, 0.4) is 0 Å². The number of nitrogens with zero attached hydrogens (tertiary/aromatic N) is 2. The SMILES string of the molecule is C=C[C@H]1C[C@]1(NC(=O)[C@@H]1C[C@@H]2CN1C(=O)[C@H](C1CCCC1)NC(=O)O[C@@H]1CCC[C@H]1CCCCCc1nc3ccc(Cl)cc3cc1O2)C(=O)NS(=O)(=O)C1CC1. The highest BCUT2D eigenvalue weighted by Crippen LogP contribution is 2.46. The topological polar surface area (TPSA) is 173 Å². The second-order valence-electron chi connectivity index (χ2n) is 16.8. The summed E-state index contributed by atoms with van der Waals surface area (Å²) in [5.74, 6) is -1.68. The second kappa shape index (κ2) is 15.8. The number of pyridine rings is 1. The monoisotopic (exact) mass is 809 g/mol. The van der Waals surface area contributed by atoms with Crippen LogP contribution in [-0.2, 0) is 35.6 Å². The van der Waals surface area contributed by atoms with Crippen LogP contribution in [0.25, 0.3) is 10.9 Å². The summed E-state index contributed by atoms with van der Waals surface area (Å²) in [6, 6.07) is 5.42. The molecule has 7 atom stereocenters. The van der Waals surface area contributed by atoms with Crippen molar-refractivity contribution in [3.05, 3.63) is 47.6 Å². The number of carbonyl (C=O) groups is 4. The van der Waals surface area contributed by atoms with Gasteiger partial charge in [-0.05, 0) is 107 Å². The van der Waals surface area contributed by atoms with Crippen molar-refractivity contribution < 1.29 is 37.1 Å². The fraction of sp³-hybridized carbons (Fsp3) is 0.634. The van der Waals surface area contributed by atoms with Crippen molar-refractivity contribution in [3.63, 3.8) is 0 Å². The van der Waals surface area contributed by atoms with Crippen molar-refractivity contribution in [2.24, 2.45) is 17.8 Å². The van der Waals surface area contributed by atoms with E-state index in [1.165, 1.54) is 11.0 Å². The summed E-state index contributed by atoms with van der Waals surface area (Å²) in [6.45, 7) is 3.85. The van der Waals surface area contributed by atoms with Gasteiger partial charge in [-0.3, -0.25) is 19.1 Å². The first-order chi connectivity index (χ1) is 26.9. The number of benzene rings is 1. The van der Waals surface area contributed by atoms with E-state index in [9.17, 15) is 27.6 Å². The smallest absolute Gasteiger partial charge is 0.408 e. The molecule has 4 saturated carbocycles. The number of halogens is 1. The molecule has 56 heavy (non-hydrogen) atoms. The third kappa shape index (κ3) is 8.10. The molecule has 0 spiro atoms. The molecule has 302 valence electrons. The second-order valence-corrected chi connectivity index (χ2v) is 19.2. The number of hydrogen-bond donors (Lipinski definition) is 3. The van der Waals surface area contributed by atoms with Gasteiger partial charge in [-0.25, -0.2) is 18.2 Å². The van der Waals surface area contributed by atoms with Crippen molar-refractivity contribution >= 4 is 56.3 Å². The highest BCUT2D eigenvalue weighted by molar-refractivity contribution is 7.91. The fourth-order valence-electron chi connectivity index (χ4n) is 9.54. The minimum Gasteiger partial charge on any atom is -0.487 e. The standard InChI is InChI=1S/C41H52ClN5O8S/c1-2-27-22-41(27,39(50)46-56(52,53)30-16-17-30)45-37(48)33-21-29-23-47(33)38(49)36(25-10-6-7-11-25)44-40(51)55-34-14-8-12-24(34)9-4-3-5-13-32-35(54-29)20-26-19-28(42)15-18-31(26)43-32/h2,15,18-20,24-25,27,29-30,33-34,36H,1,3-14,16-17,21-23H2,(H,44,51)(H,45,48)(H,46,50)/t24-,27+,29-,33+,34-,36+,41-/m1/s1. The number of aromatic nitrogens is 1. The van der Waals surface area contributed by atoms with Crippen molar-refractivity contribution in [3.8, 4) is 5.75 Å². The fourth-order valence-corrected chi connectivity index (χ4v) is 11.1. The lowest BCUT2D eigenvalue weighted by molar-refractivity contribution is -0.142. The van der Waals surface area contributed by atoms with Crippen LogP contribution in [-0.4, -0.2) is 83.7 Å². The molecule has 8 rings (SSSR count). The van der Waals surface area contributed by atoms with Crippen LogP contribution in [0.4, 0.5) is 4.79 Å². The van der Waals surface area contributed by atoms with E-state index in [2.05, 4.69) is 21.9 Å². The van der Waals surface area contributed by atoms with Crippen LogP contribution < -0.4 is 20.1 Å². The first-order valence-electron chi connectivity index (χ1n) is 20.5. The Morgan fingerprint density at radius 2 is 1.71 bits per heavy atom. The predicted molar refractivity (Wildman–Crippen MR) is 209 cm³/mol. The van der Waals surface area contributed by atoms with Gasteiger partial charge >= 0.3 is 6.09 Å². The zero-order valence-corrected chi connectivity index (χ0v) is 33.3. The first kappa shape index (κ1) is 38.9. The number of fused-ring (bicyclic) bond motifs is 5. The molecule has 2 aliphatic heterocycles. The summed E-state index contributed by atoms with van der Waals surface area (Å²) in [7, 11) is -3.89. The van der Waals surface area contributed by atoms with Gasteiger partial charge in [0.1, 0.15) is 35.6 Å². The normalized spacial score (nSPS) is 31.6. The Morgan fingerprint density at radius 3 is 2.46 bits per heavy atom. The van der Waals surface area contributed by atoms with E-state index in [0.29, 0.717) is 30.0 Å². The van der Waals surface area contributed by atoms with E-state index >= 15 is 0 Å². The number of rotatable bonds is 7. The van der Waals surface area contributed by atoms with Crippen LogP contribution >= 0.6 is 11.6 Å². The summed E-state index contributed by atoms with van der Waals surface area (Å²) in [4.78, 5) is 63.0. The van der Waals surface area contributed by atoms with Crippen molar-refractivity contribution in [2.45, 2.75) is 138 Å². The van der Waals surface area contributed by atoms with Crippen LogP contribution in [0.5, 0.6) is 5.75 Å². The van der Waals surface area contributed by atoms with Gasteiger partial charge in [-0.2, -0.15) is 0 Å². The van der Waals surface area contributed by atoms with E-state index in [1.807, 2.05) is 18.2 Å². The summed E-state index contributed by atoms with van der Waals surface area (Å²) in [5.41, 5.74) is 0.0401. The lowest BCUT2D eigenvalue weighted by Gasteiger charge is -2.32. The van der Waals surface area contributed by atoms with Gasteiger partial charge in [-0.15, -0.1) is 6.58 Å². The highest BCUT2D eigenvalue weighted by atomic mass is 35.5. The molecule has 1 aromatic carbocycles. The number of hydrogen-bond acceptors (Lipinski definition) is 9. The van der Waals surface area contributed by atoms with E-state index < -0.39 is 68.7 Å². The van der Waals surface area contributed by atoms with Crippen molar-refractivity contribution in [2.75, 3.05) is 6.54 Å². The van der Waals surface area contributed by atoms with Crippen molar-refractivity contribution in [1.82, 2.24) is 25.2 Å². The van der Waals surface area contributed by atoms with Crippen LogP contribution in [0.15, 0.2) is 36.9 Å². The van der Waals surface area contributed by atoms with Gasteiger partial charge in [0.05, 0.1) is 23.0 Å². The Kier molecular flexibility index (Phi) is 11.0. The van der Waals surface area contributed by atoms with E-state index in [1.54, 1.807) is 6.07 Å². The maximum absolute atomic E-state index is 14.9. The average Bonchev–Trinajstić information content (AvgIpc) is 3.96. The molecular formula is C41H52ClN5O8S. The third-order valence-corrected chi connectivity index (χ3v) is 15.0. The van der Waals surface area contributed by atoms with Gasteiger partial charge in [0.2, 0.25) is 21.8 Å². The molecule has 0 unspecified atom stereocenters. The molecule has 1 aromatic heterocycles. The van der Waals surface area contributed by atoms with Crippen LogP contribution in [0, 0.1) is 17.8 Å². The lowest BCUT2D eigenvalue weighted by atomic mass is 9.96. The minimum absolute atomic E-state index is 0.0364. The molecule has 15 heteroatoms. The number of carbonyl (C=O) groups excluding carboxylic acids is 4. The Balaban J connectivity index is 1.12. The Bertz CT molecular complexity index is 2000. The van der Waals surface area contributed by atoms with Gasteiger partial charge in [-0.1, -0.05) is 43.4 Å². The molecule has 6 aliphatic rings. The summed E-state index contributed by atoms with van der Waals surface area (Å²) < 4.78 is 40.5. The predicted octanol–water partition coefficient (Wildman–Crippen LogP) is 5.48. The van der Waals surface area contributed by atoms with Gasteiger partial charge < -0.3 is 25.0 Å². The van der Waals surface area contributed by atoms with E-state index in [0.717, 1.165) is 87.2 Å². The number of aryl methyl sites for hydroxylation is 1. The molecule has 2 aromatic rings. The molecule has 13 nitrogen and oxygen atoms in total. The van der Waals surface area contributed by atoms with Gasteiger partial charge in [0, 0.05) is 22.7 Å². The number of amides is 4. The molecule has 4 amide bonds. The van der Waals surface area contributed by atoms with Crippen LogP contribution in [0.2, 0.25) is 5.02 Å². The number of nitrogens with one attached hydrogen (secondary N) is 3. The van der Waals surface area contributed by atoms with Gasteiger partial charge in [0.25, 0.3) is 5.91 Å². The quantitative estimate of drug-likeness (QED) is 0.307. The zero-order chi connectivity index (χ0) is 39.2. The largest absolute Gasteiger partial charge is 0.487 e. The highest BCUT2D eigenvalue weighted by Gasteiger charge is 2.62. The summed E-state index contributed by atoms with van der Waals surface area (Å²) >= 11 is 6.37. The molecule has 5 fully saturated rings. The van der Waals surface area contributed by atoms with E-state index in [4.69, 9.17) is 26.1 Å². The Hall–Kier alpha value is -3.91. The molecule has 1 saturated heterocycles. The van der Waals surface area contributed by atoms with Crippen molar-refractivity contribution in [1.29, 1.82) is 0 Å². The summed E-state index contributed by atoms with van der Waals surface area (Å²) in [5, 5.41) is 6.55. The minimum atomic E-state index is -3.89. The molecule has 4 aliphatic carbocycles. The summed E-state index contributed by atoms with van der Waals surface area (Å²) in [6.07, 6.45) is 11.7. The first-order valence-corrected chi connectivity index (χ1v) is 22.4. The number of sulfonamides is 1. The average molecular weight is 810 g/mol. The Labute approximate surface area is 333 Å².